The zero-order valence-electron chi connectivity index (χ0n) is 8.80. The summed E-state index contributed by atoms with van der Waals surface area (Å²) in [4.78, 5) is 1.21. The Morgan fingerprint density at radius 2 is 2.40 bits per heavy atom. The van der Waals surface area contributed by atoms with E-state index in [0.717, 1.165) is 13.0 Å². The third-order valence-corrected chi connectivity index (χ3v) is 5.71. The highest BCUT2D eigenvalue weighted by Crippen LogP contribution is 2.41. The van der Waals surface area contributed by atoms with Gasteiger partial charge >= 0.3 is 0 Å². The van der Waals surface area contributed by atoms with Gasteiger partial charge in [-0.2, -0.15) is 0 Å². The van der Waals surface area contributed by atoms with Crippen molar-refractivity contribution in [3.8, 4) is 0 Å². The summed E-state index contributed by atoms with van der Waals surface area (Å²) in [6, 6.07) is 2.15. The van der Waals surface area contributed by atoms with Crippen molar-refractivity contribution in [3.63, 3.8) is 0 Å². The number of ether oxygens (including phenoxy) is 1. The number of rotatable bonds is 2. The SMILES string of the molecule is Cc1cc(C(Cl)C2OCCC2C)sc1Br. The van der Waals surface area contributed by atoms with Crippen LogP contribution >= 0.6 is 38.9 Å². The molecule has 1 aliphatic rings. The molecule has 0 saturated carbocycles. The lowest BCUT2D eigenvalue weighted by molar-refractivity contribution is 0.0910. The normalized spacial score (nSPS) is 28.3. The molecule has 3 atom stereocenters. The molecular weight excluding hydrogens is 296 g/mol. The summed E-state index contributed by atoms with van der Waals surface area (Å²) < 4.78 is 6.86. The standard InChI is InChI=1S/C11H14BrClOS/c1-6-3-4-14-10(6)9(13)8-5-7(2)11(12)15-8/h5-6,9-10H,3-4H2,1-2H3. The van der Waals surface area contributed by atoms with Gasteiger partial charge in [0.2, 0.25) is 0 Å². The van der Waals surface area contributed by atoms with Crippen LogP contribution in [0.1, 0.15) is 29.2 Å². The lowest BCUT2D eigenvalue weighted by Crippen LogP contribution is -2.18. The van der Waals surface area contributed by atoms with Gasteiger partial charge in [-0.25, -0.2) is 0 Å². The fourth-order valence-corrected chi connectivity index (χ4v) is 3.97. The van der Waals surface area contributed by atoms with Crippen LogP contribution in [0, 0.1) is 12.8 Å². The van der Waals surface area contributed by atoms with Gasteiger partial charge in [0, 0.05) is 11.5 Å². The van der Waals surface area contributed by atoms with E-state index < -0.39 is 0 Å². The van der Waals surface area contributed by atoms with Crippen molar-refractivity contribution in [1.29, 1.82) is 0 Å². The molecule has 84 valence electrons. The number of halogens is 2. The topological polar surface area (TPSA) is 9.23 Å². The summed E-state index contributed by atoms with van der Waals surface area (Å²) in [6.07, 6.45) is 1.30. The molecule has 0 aliphatic carbocycles. The van der Waals surface area contributed by atoms with Crippen molar-refractivity contribution in [1.82, 2.24) is 0 Å². The molecule has 4 heteroatoms. The predicted octanol–water partition coefficient (Wildman–Crippen LogP) is 4.52. The maximum atomic E-state index is 6.46. The minimum Gasteiger partial charge on any atom is -0.376 e. The Morgan fingerprint density at radius 3 is 2.87 bits per heavy atom. The Labute approximate surface area is 108 Å². The maximum Gasteiger partial charge on any atom is 0.0942 e. The van der Waals surface area contributed by atoms with E-state index >= 15 is 0 Å². The van der Waals surface area contributed by atoms with Crippen LogP contribution in [0.5, 0.6) is 0 Å². The monoisotopic (exact) mass is 308 g/mol. The summed E-state index contributed by atoms with van der Waals surface area (Å²) in [5.41, 5.74) is 1.26. The second-order valence-corrected chi connectivity index (χ2v) is 6.98. The number of aryl methyl sites for hydroxylation is 1. The van der Waals surface area contributed by atoms with Crippen molar-refractivity contribution in [3.05, 3.63) is 20.3 Å². The average molecular weight is 310 g/mol. The third kappa shape index (κ3) is 2.41. The molecule has 0 spiro atoms. The van der Waals surface area contributed by atoms with E-state index in [2.05, 4.69) is 35.8 Å². The van der Waals surface area contributed by atoms with E-state index in [-0.39, 0.29) is 11.5 Å². The van der Waals surface area contributed by atoms with Gasteiger partial charge in [0.25, 0.3) is 0 Å². The summed E-state index contributed by atoms with van der Waals surface area (Å²) in [7, 11) is 0. The molecule has 1 aliphatic heterocycles. The van der Waals surface area contributed by atoms with Crippen LogP contribution in [-0.2, 0) is 4.74 Å². The summed E-state index contributed by atoms with van der Waals surface area (Å²) in [6.45, 7) is 5.15. The third-order valence-electron chi connectivity index (χ3n) is 2.88. The predicted molar refractivity (Wildman–Crippen MR) is 68.9 cm³/mol. The van der Waals surface area contributed by atoms with Crippen molar-refractivity contribution in [2.75, 3.05) is 6.61 Å². The first-order valence-corrected chi connectivity index (χ1v) is 7.15. The van der Waals surface area contributed by atoms with Gasteiger partial charge in [0.15, 0.2) is 0 Å². The zero-order chi connectivity index (χ0) is 11.0. The van der Waals surface area contributed by atoms with Crippen molar-refractivity contribution < 1.29 is 4.74 Å². The highest BCUT2D eigenvalue weighted by molar-refractivity contribution is 9.11. The summed E-state index contributed by atoms with van der Waals surface area (Å²) >= 11 is 11.7. The fraction of sp³-hybridized carbons (Fsp3) is 0.636. The molecule has 15 heavy (non-hydrogen) atoms. The van der Waals surface area contributed by atoms with Crippen molar-refractivity contribution in [2.24, 2.45) is 5.92 Å². The Hall–Kier alpha value is 0.430. The molecule has 0 amide bonds. The van der Waals surface area contributed by atoms with Gasteiger partial charge in [-0.15, -0.1) is 22.9 Å². The first-order chi connectivity index (χ1) is 7.09. The largest absolute Gasteiger partial charge is 0.376 e. The Morgan fingerprint density at radius 1 is 1.67 bits per heavy atom. The lowest BCUT2D eigenvalue weighted by Gasteiger charge is -2.19. The first kappa shape index (κ1) is 11.9. The molecule has 0 bridgehead atoms. The molecule has 1 fully saturated rings. The lowest BCUT2D eigenvalue weighted by atomic mass is 10.0. The summed E-state index contributed by atoms with van der Waals surface area (Å²) in [5.74, 6) is 0.564. The number of alkyl halides is 1. The first-order valence-electron chi connectivity index (χ1n) is 5.11. The second-order valence-electron chi connectivity index (χ2n) is 4.11. The van der Waals surface area contributed by atoms with Crippen molar-refractivity contribution in [2.45, 2.75) is 31.7 Å². The van der Waals surface area contributed by atoms with E-state index in [1.54, 1.807) is 11.3 Å². The van der Waals surface area contributed by atoms with E-state index in [1.807, 2.05) is 0 Å². The van der Waals surface area contributed by atoms with Crippen LogP contribution in [0.25, 0.3) is 0 Å². The van der Waals surface area contributed by atoms with Gasteiger partial charge < -0.3 is 4.74 Å². The highest BCUT2D eigenvalue weighted by Gasteiger charge is 2.32. The number of thiophene rings is 1. The van der Waals surface area contributed by atoms with E-state index in [0.29, 0.717) is 5.92 Å². The fourth-order valence-electron chi connectivity index (χ4n) is 1.87. The molecule has 1 aromatic heterocycles. The van der Waals surface area contributed by atoms with Gasteiger partial charge in [-0.3, -0.25) is 0 Å². The van der Waals surface area contributed by atoms with Crippen LogP contribution in [0.2, 0.25) is 0 Å². The Bertz CT molecular complexity index is 333. The molecule has 2 rings (SSSR count). The molecule has 0 radical (unpaired) electrons. The van der Waals surface area contributed by atoms with Crippen molar-refractivity contribution >= 4 is 38.9 Å². The van der Waals surface area contributed by atoms with E-state index in [1.165, 1.54) is 14.2 Å². The van der Waals surface area contributed by atoms with E-state index in [9.17, 15) is 0 Å². The number of hydrogen-bond donors (Lipinski definition) is 0. The maximum absolute atomic E-state index is 6.46. The van der Waals surface area contributed by atoms with Crippen LogP contribution in [0.15, 0.2) is 9.85 Å². The van der Waals surface area contributed by atoms with Gasteiger partial charge in [-0.1, -0.05) is 6.92 Å². The molecule has 1 aromatic rings. The molecule has 0 N–H and O–H groups in total. The number of hydrogen-bond acceptors (Lipinski definition) is 2. The van der Waals surface area contributed by atoms with E-state index in [4.69, 9.17) is 16.3 Å². The molecule has 1 saturated heterocycles. The minimum absolute atomic E-state index is 0.00231. The Kier molecular flexibility index (Phi) is 3.76. The van der Waals surface area contributed by atoms with Gasteiger partial charge in [0.1, 0.15) is 0 Å². The van der Waals surface area contributed by atoms with Gasteiger partial charge in [0.05, 0.1) is 15.3 Å². The molecule has 3 unspecified atom stereocenters. The highest BCUT2D eigenvalue weighted by atomic mass is 79.9. The quantitative estimate of drug-likeness (QED) is 0.730. The molecular formula is C11H14BrClOS. The Balaban J connectivity index is 2.16. The van der Waals surface area contributed by atoms with Crippen LogP contribution < -0.4 is 0 Å². The van der Waals surface area contributed by atoms with Crippen LogP contribution in [0.4, 0.5) is 0 Å². The average Bonchev–Trinajstić information content (AvgIpc) is 2.74. The smallest absolute Gasteiger partial charge is 0.0942 e. The van der Waals surface area contributed by atoms with Gasteiger partial charge in [-0.05, 0) is 46.8 Å². The molecule has 2 heterocycles. The second kappa shape index (κ2) is 4.74. The minimum atomic E-state index is -0.00231. The van der Waals surface area contributed by atoms with Crippen LogP contribution in [-0.4, -0.2) is 12.7 Å². The summed E-state index contributed by atoms with van der Waals surface area (Å²) in [5, 5.41) is -0.00231. The molecule has 1 nitrogen and oxygen atoms in total. The van der Waals surface area contributed by atoms with Crippen LogP contribution in [0.3, 0.4) is 0 Å². The zero-order valence-corrected chi connectivity index (χ0v) is 12.0. The molecule has 0 aromatic carbocycles.